The molecule has 20 heavy (non-hydrogen) atoms. The van der Waals surface area contributed by atoms with Gasteiger partial charge >= 0.3 is 0 Å². The molecule has 0 aromatic heterocycles. The third kappa shape index (κ3) is 3.44. The lowest BCUT2D eigenvalue weighted by Gasteiger charge is -2.17. The van der Waals surface area contributed by atoms with Crippen LogP contribution in [0.25, 0.3) is 0 Å². The van der Waals surface area contributed by atoms with Gasteiger partial charge < -0.3 is 5.32 Å². The molecule has 1 nitrogen and oxygen atoms in total. The number of nitrogens with one attached hydrogen (secondary N) is 1. The van der Waals surface area contributed by atoms with E-state index >= 15 is 0 Å². The zero-order valence-corrected chi connectivity index (χ0v) is 12.9. The molecule has 0 radical (unpaired) electrons. The molecule has 2 aromatic rings. The van der Waals surface area contributed by atoms with E-state index in [0.717, 1.165) is 12.0 Å². The van der Waals surface area contributed by atoms with Crippen molar-refractivity contribution in [2.45, 2.75) is 26.3 Å². The number of anilines is 1. The minimum absolute atomic E-state index is 0.0218. The van der Waals surface area contributed by atoms with Gasteiger partial charge in [0.15, 0.2) is 5.82 Å². The monoisotopic (exact) mass is 311 g/mol. The topological polar surface area (TPSA) is 12.0 Å². The Balaban J connectivity index is 2.16. The van der Waals surface area contributed by atoms with Crippen LogP contribution in [0.1, 0.15) is 31.0 Å². The van der Waals surface area contributed by atoms with Gasteiger partial charge in [0, 0.05) is 11.7 Å². The fourth-order valence-corrected chi connectivity index (χ4v) is 2.50. The van der Waals surface area contributed by atoms with Crippen LogP contribution in [0.2, 0.25) is 10.0 Å². The number of hydrogen-bond donors (Lipinski definition) is 1. The maximum atomic E-state index is 13.4. The first-order valence-electron chi connectivity index (χ1n) is 6.51. The Morgan fingerprint density at radius 1 is 1.10 bits per heavy atom. The molecule has 0 aliphatic rings. The predicted octanol–water partition coefficient (Wildman–Crippen LogP) is 5.87. The highest BCUT2D eigenvalue weighted by atomic mass is 35.5. The summed E-state index contributed by atoms with van der Waals surface area (Å²) in [5.41, 5.74) is 3.15. The van der Waals surface area contributed by atoms with Gasteiger partial charge in [-0.15, -0.1) is 0 Å². The molecule has 0 amide bonds. The van der Waals surface area contributed by atoms with E-state index in [1.165, 1.54) is 5.56 Å². The first-order valence-corrected chi connectivity index (χ1v) is 7.26. The Kier molecular flexibility index (Phi) is 4.90. The molecule has 0 saturated heterocycles. The van der Waals surface area contributed by atoms with E-state index in [9.17, 15) is 4.39 Å². The second-order valence-corrected chi connectivity index (χ2v) is 5.53. The first-order chi connectivity index (χ1) is 9.51. The van der Waals surface area contributed by atoms with Crippen molar-refractivity contribution < 1.29 is 4.39 Å². The number of benzene rings is 2. The van der Waals surface area contributed by atoms with Crippen molar-refractivity contribution >= 4 is 28.9 Å². The highest BCUT2D eigenvalue weighted by molar-refractivity contribution is 6.35. The molecule has 0 aliphatic carbocycles. The van der Waals surface area contributed by atoms with Crippen molar-refractivity contribution in [3.63, 3.8) is 0 Å². The van der Waals surface area contributed by atoms with Crippen LogP contribution in [-0.2, 0) is 6.42 Å². The second-order valence-electron chi connectivity index (χ2n) is 4.72. The quantitative estimate of drug-likeness (QED) is 0.696. The summed E-state index contributed by atoms with van der Waals surface area (Å²) in [4.78, 5) is 0. The Morgan fingerprint density at radius 2 is 1.65 bits per heavy atom. The normalized spacial score (nSPS) is 12.2. The first kappa shape index (κ1) is 15.1. The Morgan fingerprint density at radius 3 is 2.15 bits per heavy atom. The maximum absolute atomic E-state index is 13.4. The van der Waals surface area contributed by atoms with Crippen LogP contribution in [-0.4, -0.2) is 0 Å². The van der Waals surface area contributed by atoms with Crippen LogP contribution < -0.4 is 5.32 Å². The molecule has 0 saturated carbocycles. The van der Waals surface area contributed by atoms with Gasteiger partial charge in [0.1, 0.15) is 0 Å². The summed E-state index contributed by atoms with van der Waals surface area (Å²) in [6, 6.07) is 11.6. The molecule has 0 spiro atoms. The molecule has 0 fully saturated rings. The van der Waals surface area contributed by atoms with Gasteiger partial charge in [0.25, 0.3) is 0 Å². The van der Waals surface area contributed by atoms with Crippen LogP contribution in [0, 0.1) is 5.82 Å². The van der Waals surface area contributed by atoms with Gasteiger partial charge in [-0.1, -0.05) is 54.4 Å². The van der Waals surface area contributed by atoms with Crippen molar-refractivity contribution in [1.29, 1.82) is 0 Å². The zero-order chi connectivity index (χ0) is 14.7. The third-order valence-corrected chi connectivity index (χ3v) is 3.81. The van der Waals surface area contributed by atoms with Gasteiger partial charge in [0.05, 0.1) is 10.0 Å². The van der Waals surface area contributed by atoms with Crippen LogP contribution in [0.5, 0.6) is 0 Å². The molecule has 106 valence electrons. The molecule has 2 rings (SSSR count). The smallest absolute Gasteiger partial charge is 0.160 e. The van der Waals surface area contributed by atoms with Crippen LogP contribution in [0.4, 0.5) is 10.1 Å². The lowest BCUT2D eigenvalue weighted by molar-refractivity contribution is 0.628. The van der Waals surface area contributed by atoms with Crippen LogP contribution in [0.15, 0.2) is 36.4 Å². The van der Waals surface area contributed by atoms with Crippen molar-refractivity contribution in [2.24, 2.45) is 0 Å². The summed E-state index contributed by atoms with van der Waals surface area (Å²) in [5, 5.41) is 3.31. The number of aryl methyl sites for hydroxylation is 1. The Bertz CT molecular complexity index is 573. The van der Waals surface area contributed by atoms with E-state index in [4.69, 9.17) is 23.2 Å². The average Bonchev–Trinajstić information content (AvgIpc) is 2.44. The maximum Gasteiger partial charge on any atom is 0.160 e. The van der Waals surface area contributed by atoms with Crippen molar-refractivity contribution in [3.8, 4) is 0 Å². The summed E-state index contributed by atoms with van der Waals surface area (Å²) in [5.74, 6) is -0.584. The fourth-order valence-electron chi connectivity index (χ4n) is 2.01. The summed E-state index contributed by atoms with van der Waals surface area (Å²) in [6.45, 7) is 4.16. The summed E-state index contributed by atoms with van der Waals surface area (Å²) >= 11 is 11.6. The highest BCUT2D eigenvalue weighted by Crippen LogP contribution is 2.29. The van der Waals surface area contributed by atoms with Crippen molar-refractivity contribution in [1.82, 2.24) is 0 Å². The van der Waals surface area contributed by atoms with Crippen LogP contribution in [0.3, 0.4) is 0 Å². The molecule has 4 heteroatoms. The molecular formula is C16H16Cl2FN. The van der Waals surface area contributed by atoms with Gasteiger partial charge in [-0.25, -0.2) is 4.39 Å². The van der Waals surface area contributed by atoms with E-state index < -0.39 is 5.82 Å². The third-order valence-electron chi connectivity index (χ3n) is 3.25. The molecule has 1 atom stereocenters. The molecule has 1 unspecified atom stereocenters. The minimum atomic E-state index is -0.584. The molecular weight excluding hydrogens is 296 g/mol. The Hall–Kier alpha value is -1.25. The van der Waals surface area contributed by atoms with Gasteiger partial charge in [-0.3, -0.25) is 0 Å². The average molecular weight is 312 g/mol. The number of rotatable bonds is 4. The van der Waals surface area contributed by atoms with Gasteiger partial charge in [-0.2, -0.15) is 0 Å². The van der Waals surface area contributed by atoms with Gasteiger partial charge in [0.2, 0.25) is 0 Å². The highest BCUT2D eigenvalue weighted by Gasteiger charge is 2.10. The minimum Gasteiger partial charge on any atom is -0.378 e. The largest absolute Gasteiger partial charge is 0.378 e. The lowest BCUT2D eigenvalue weighted by Crippen LogP contribution is -2.06. The zero-order valence-electron chi connectivity index (χ0n) is 11.4. The van der Waals surface area contributed by atoms with Crippen molar-refractivity contribution in [2.75, 3.05) is 5.32 Å². The molecule has 2 aromatic carbocycles. The summed E-state index contributed by atoms with van der Waals surface area (Å²) < 4.78 is 13.4. The molecule has 0 heterocycles. The molecule has 0 bridgehead atoms. The van der Waals surface area contributed by atoms with E-state index in [1.807, 2.05) is 6.92 Å². The number of halogens is 3. The predicted molar refractivity (Wildman–Crippen MR) is 84.3 cm³/mol. The standard InChI is InChI=1S/C16H16Cl2FN/c1-3-11-4-6-12(7-5-11)10(2)20-13-8-14(17)16(19)15(18)9-13/h4-10,20H,3H2,1-2H3. The fraction of sp³-hybridized carbons (Fsp3) is 0.250. The SMILES string of the molecule is CCc1ccc(C(C)Nc2cc(Cl)c(F)c(Cl)c2)cc1. The molecule has 1 N–H and O–H groups in total. The van der Waals surface area contributed by atoms with E-state index in [1.54, 1.807) is 12.1 Å². The lowest BCUT2D eigenvalue weighted by atomic mass is 10.0. The summed E-state index contributed by atoms with van der Waals surface area (Å²) in [7, 11) is 0. The van der Waals surface area contributed by atoms with E-state index in [-0.39, 0.29) is 16.1 Å². The number of hydrogen-bond acceptors (Lipinski definition) is 1. The molecule has 0 aliphatic heterocycles. The van der Waals surface area contributed by atoms with Gasteiger partial charge in [-0.05, 0) is 36.6 Å². The van der Waals surface area contributed by atoms with E-state index in [2.05, 4.69) is 36.5 Å². The summed E-state index contributed by atoms with van der Waals surface area (Å²) in [6.07, 6.45) is 1.02. The van der Waals surface area contributed by atoms with Crippen molar-refractivity contribution in [3.05, 3.63) is 63.4 Å². The Labute approximate surface area is 128 Å². The second kappa shape index (κ2) is 6.47. The van der Waals surface area contributed by atoms with Crippen LogP contribution >= 0.6 is 23.2 Å². The van der Waals surface area contributed by atoms with E-state index in [0.29, 0.717) is 5.69 Å².